The van der Waals surface area contributed by atoms with Crippen molar-refractivity contribution in [3.63, 3.8) is 0 Å². The summed E-state index contributed by atoms with van der Waals surface area (Å²) in [6.07, 6.45) is 0.533. The lowest BCUT2D eigenvalue weighted by Crippen LogP contribution is -2.31. The van der Waals surface area contributed by atoms with Crippen LogP contribution >= 0.6 is 0 Å². The Morgan fingerprint density at radius 1 is 1.03 bits per heavy atom. The molecule has 8 nitrogen and oxygen atoms in total. The first-order valence-corrected chi connectivity index (χ1v) is 12.6. The first-order chi connectivity index (χ1) is 16.3. The number of amides is 1. The van der Waals surface area contributed by atoms with Gasteiger partial charge in [-0.2, -0.15) is 4.31 Å². The third-order valence-electron chi connectivity index (χ3n) is 5.87. The SMILES string of the molecule is CCN(CC)S(=O)(=O)c1ccc(/C(O)=C2\C(=O)C(=O)N(CCCOC)[C@H]2c2ccccc2)cc1. The summed E-state index contributed by atoms with van der Waals surface area (Å²) in [5, 5.41) is 11.1. The third-order valence-corrected chi connectivity index (χ3v) is 7.94. The number of benzene rings is 2. The monoisotopic (exact) mass is 486 g/mol. The number of Topliss-reactive ketones (excluding diaryl/α,β-unsaturated/α-hetero) is 1. The minimum Gasteiger partial charge on any atom is -0.507 e. The van der Waals surface area contributed by atoms with Crippen LogP contribution in [0.5, 0.6) is 0 Å². The Balaban J connectivity index is 2.05. The number of hydrogen-bond donors (Lipinski definition) is 1. The summed E-state index contributed by atoms with van der Waals surface area (Å²) < 4.78 is 32.0. The van der Waals surface area contributed by atoms with E-state index in [9.17, 15) is 23.1 Å². The molecule has 0 aromatic heterocycles. The topological polar surface area (TPSA) is 104 Å². The van der Waals surface area contributed by atoms with Crippen molar-refractivity contribution in [3.8, 4) is 0 Å². The van der Waals surface area contributed by atoms with Crippen molar-refractivity contribution >= 4 is 27.5 Å². The number of likely N-dealkylation sites (tertiary alicyclic amines) is 1. The Kier molecular flexibility index (Phi) is 8.24. The molecule has 0 spiro atoms. The van der Waals surface area contributed by atoms with E-state index in [2.05, 4.69) is 0 Å². The minimum absolute atomic E-state index is 0.0204. The Bertz CT molecular complexity index is 1160. The van der Waals surface area contributed by atoms with E-state index in [4.69, 9.17) is 4.74 Å². The molecule has 1 aliphatic heterocycles. The first kappa shape index (κ1) is 25.6. The fourth-order valence-electron chi connectivity index (χ4n) is 4.12. The first-order valence-electron chi connectivity index (χ1n) is 11.2. The summed E-state index contributed by atoms with van der Waals surface area (Å²) in [4.78, 5) is 27.4. The van der Waals surface area contributed by atoms with Crippen LogP contribution in [0.15, 0.2) is 65.1 Å². The van der Waals surface area contributed by atoms with Crippen molar-refractivity contribution in [3.05, 3.63) is 71.3 Å². The molecule has 0 aliphatic carbocycles. The second-order valence-electron chi connectivity index (χ2n) is 7.86. The van der Waals surface area contributed by atoms with Crippen LogP contribution in [0.25, 0.3) is 5.76 Å². The number of ether oxygens (including phenoxy) is 1. The van der Waals surface area contributed by atoms with E-state index in [1.54, 1.807) is 45.2 Å². The lowest BCUT2D eigenvalue weighted by molar-refractivity contribution is -0.140. The minimum atomic E-state index is -3.66. The van der Waals surface area contributed by atoms with E-state index in [-0.39, 0.29) is 28.3 Å². The van der Waals surface area contributed by atoms with Gasteiger partial charge in [-0.25, -0.2) is 8.42 Å². The van der Waals surface area contributed by atoms with Gasteiger partial charge in [0.2, 0.25) is 10.0 Å². The standard InChI is InChI=1S/C25H30N2O6S/c1-4-26(5-2)34(31,32)20-14-12-19(13-15-20)23(28)21-22(18-10-7-6-8-11-18)27(16-9-17-33-3)25(30)24(21)29/h6-8,10-15,22,28H,4-5,9,16-17H2,1-3H3/b23-21+/t22-/m0/s1. The average Bonchev–Trinajstić information content (AvgIpc) is 3.10. The summed E-state index contributed by atoms with van der Waals surface area (Å²) in [6.45, 7) is 4.91. The maximum atomic E-state index is 13.0. The van der Waals surface area contributed by atoms with Crippen molar-refractivity contribution in [1.29, 1.82) is 0 Å². The second-order valence-corrected chi connectivity index (χ2v) is 9.80. The van der Waals surface area contributed by atoms with Gasteiger partial charge >= 0.3 is 0 Å². The zero-order valence-corrected chi connectivity index (χ0v) is 20.4. The van der Waals surface area contributed by atoms with E-state index in [0.717, 1.165) is 0 Å². The molecular weight excluding hydrogens is 456 g/mol. The number of methoxy groups -OCH3 is 1. The fraction of sp³-hybridized carbons (Fsp3) is 0.360. The maximum absolute atomic E-state index is 13.0. The van der Waals surface area contributed by atoms with Gasteiger partial charge in [-0.3, -0.25) is 9.59 Å². The van der Waals surface area contributed by atoms with Crippen LogP contribution in [0.1, 0.15) is 37.4 Å². The summed E-state index contributed by atoms with van der Waals surface area (Å²) in [5.74, 6) is -1.80. The number of rotatable bonds is 10. The van der Waals surface area contributed by atoms with Gasteiger partial charge in [0.15, 0.2) is 0 Å². The van der Waals surface area contributed by atoms with Gasteiger partial charge in [-0.15, -0.1) is 0 Å². The Morgan fingerprint density at radius 3 is 2.21 bits per heavy atom. The number of aliphatic hydroxyl groups is 1. The van der Waals surface area contributed by atoms with Crippen LogP contribution in [0.2, 0.25) is 0 Å². The quantitative estimate of drug-likeness (QED) is 0.239. The highest BCUT2D eigenvalue weighted by molar-refractivity contribution is 7.89. The van der Waals surface area contributed by atoms with Crippen LogP contribution in [0, 0.1) is 0 Å². The van der Waals surface area contributed by atoms with E-state index < -0.39 is 27.8 Å². The molecule has 0 bridgehead atoms. The molecule has 1 amide bonds. The molecule has 2 aromatic carbocycles. The summed E-state index contributed by atoms with van der Waals surface area (Å²) in [5.41, 5.74) is 0.934. The van der Waals surface area contributed by atoms with Gasteiger partial charge in [0.25, 0.3) is 11.7 Å². The average molecular weight is 487 g/mol. The third kappa shape index (κ3) is 4.91. The Labute approximate surface area is 200 Å². The molecule has 0 radical (unpaired) electrons. The molecule has 1 atom stereocenters. The second kappa shape index (κ2) is 10.9. The van der Waals surface area contributed by atoms with Gasteiger partial charge in [0, 0.05) is 38.9 Å². The van der Waals surface area contributed by atoms with Crippen molar-refractivity contribution in [2.45, 2.75) is 31.2 Å². The lowest BCUT2D eigenvalue weighted by Gasteiger charge is -2.25. The highest BCUT2D eigenvalue weighted by Gasteiger charge is 2.45. The molecule has 182 valence electrons. The predicted molar refractivity (Wildman–Crippen MR) is 128 cm³/mol. The highest BCUT2D eigenvalue weighted by atomic mass is 32.2. The number of nitrogens with zero attached hydrogens (tertiary/aromatic N) is 2. The predicted octanol–water partition coefficient (Wildman–Crippen LogP) is 3.18. The molecule has 9 heteroatoms. The molecule has 1 heterocycles. The highest BCUT2D eigenvalue weighted by Crippen LogP contribution is 2.39. The van der Waals surface area contributed by atoms with Gasteiger partial charge in [0.1, 0.15) is 5.76 Å². The normalized spacial score (nSPS) is 18.1. The number of carbonyl (C=O) groups excluding carboxylic acids is 2. The van der Waals surface area contributed by atoms with Crippen LogP contribution in [-0.4, -0.2) is 67.8 Å². The lowest BCUT2D eigenvalue weighted by atomic mass is 9.95. The maximum Gasteiger partial charge on any atom is 0.295 e. The van der Waals surface area contributed by atoms with Crippen molar-refractivity contribution in [2.75, 3.05) is 33.4 Å². The molecule has 0 unspecified atom stereocenters. The number of aliphatic hydroxyl groups excluding tert-OH is 1. The summed E-state index contributed by atoms with van der Waals surface area (Å²) >= 11 is 0. The summed E-state index contributed by atoms with van der Waals surface area (Å²) in [6, 6.07) is 14.0. The van der Waals surface area contributed by atoms with E-state index in [1.807, 2.05) is 6.07 Å². The zero-order valence-electron chi connectivity index (χ0n) is 19.6. The van der Waals surface area contributed by atoms with E-state index in [1.165, 1.54) is 33.5 Å². The largest absolute Gasteiger partial charge is 0.507 e. The molecule has 1 fully saturated rings. The van der Waals surface area contributed by atoms with Crippen molar-refractivity contribution in [2.24, 2.45) is 0 Å². The van der Waals surface area contributed by atoms with E-state index in [0.29, 0.717) is 31.7 Å². The van der Waals surface area contributed by atoms with Crippen molar-refractivity contribution in [1.82, 2.24) is 9.21 Å². The Hall–Kier alpha value is -3.01. The van der Waals surface area contributed by atoms with Crippen LogP contribution < -0.4 is 0 Å². The molecule has 3 rings (SSSR count). The van der Waals surface area contributed by atoms with Gasteiger partial charge in [-0.1, -0.05) is 44.2 Å². The molecule has 34 heavy (non-hydrogen) atoms. The van der Waals surface area contributed by atoms with Gasteiger partial charge in [-0.05, 0) is 36.2 Å². The molecule has 2 aromatic rings. The molecule has 0 saturated carbocycles. The number of carbonyl (C=O) groups is 2. The van der Waals surface area contributed by atoms with Gasteiger partial charge in [0.05, 0.1) is 16.5 Å². The number of sulfonamides is 1. The molecule has 1 N–H and O–H groups in total. The van der Waals surface area contributed by atoms with Crippen LogP contribution in [0.3, 0.4) is 0 Å². The molecule has 1 aliphatic rings. The smallest absolute Gasteiger partial charge is 0.295 e. The molecular formula is C25H30N2O6S. The fourth-order valence-corrected chi connectivity index (χ4v) is 5.58. The summed E-state index contributed by atoms with van der Waals surface area (Å²) in [7, 11) is -2.10. The van der Waals surface area contributed by atoms with E-state index >= 15 is 0 Å². The van der Waals surface area contributed by atoms with Gasteiger partial charge < -0.3 is 14.7 Å². The number of ketones is 1. The Morgan fingerprint density at radius 2 is 1.65 bits per heavy atom. The van der Waals surface area contributed by atoms with Crippen LogP contribution in [-0.2, 0) is 24.3 Å². The molecule has 1 saturated heterocycles. The van der Waals surface area contributed by atoms with Crippen LogP contribution in [0.4, 0.5) is 0 Å². The van der Waals surface area contributed by atoms with Crippen molar-refractivity contribution < 1.29 is 27.9 Å². The zero-order chi connectivity index (χ0) is 24.9. The number of hydrogen-bond acceptors (Lipinski definition) is 6.